The molecule has 27 heavy (non-hydrogen) atoms. The fourth-order valence-corrected chi connectivity index (χ4v) is 3.83. The molecule has 1 atom stereocenters. The lowest BCUT2D eigenvalue weighted by atomic mass is 9.79. The Morgan fingerprint density at radius 2 is 2.07 bits per heavy atom. The van der Waals surface area contributed by atoms with E-state index in [2.05, 4.69) is 19.6 Å². The van der Waals surface area contributed by atoms with Crippen LogP contribution in [-0.4, -0.2) is 54.7 Å². The molecule has 1 radical (unpaired) electrons. The van der Waals surface area contributed by atoms with Gasteiger partial charge in [0.05, 0.1) is 6.04 Å². The minimum atomic E-state index is -1.11. The molecule has 2 rings (SSSR count). The van der Waals surface area contributed by atoms with Gasteiger partial charge in [0.1, 0.15) is 18.2 Å². The largest absolute Gasteiger partial charge is 0.444 e. The van der Waals surface area contributed by atoms with Gasteiger partial charge < -0.3 is 14.0 Å². The van der Waals surface area contributed by atoms with Crippen LogP contribution < -0.4 is 5.59 Å². The van der Waals surface area contributed by atoms with E-state index in [4.69, 9.17) is 14.5 Å². The lowest BCUT2D eigenvalue weighted by molar-refractivity contribution is 0.0204. The standard InChI is InChI=1S/C19H35BN3O3Si/c1-19(2,3)26-18(24)23-10-8-9-15(23)17-21-16(20-4)13-22(17)14-25-11-12-27(5,6)7/h13,15H,8-12,14H2,1-7H3/t15-/m0/s1. The highest BCUT2D eigenvalue weighted by Crippen LogP contribution is 2.32. The van der Waals surface area contributed by atoms with E-state index in [9.17, 15) is 4.79 Å². The van der Waals surface area contributed by atoms with Crippen molar-refractivity contribution in [2.75, 3.05) is 13.2 Å². The molecule has 2 heterocycles. The molecule has 1 aliphatic rings. The molecule has 0 spiro atoms. The third-order valence-corrected chi connectivity index (χ3v) is 6.23. The number of carbonyl (C=O) groups excluding carboxylic acids is 1. The average Bonchev–Trinajstić information content (AvgIpc) is 3.15. The van der Waals surface area contributed by atoms with E-state index in [0.717, 1.165) is 36.9 Å². The van der Waals surface area contributed by atoms with Gasteiger partial charge in [-0.15, -0.1) is 0 Å². The van der Waals surface area contributed by atoms with Crippen molar-refractivity contribution in [3.8, 4) is 0 Å². The van der Waals surface area contributed by atoms with Gasteiger partial charge in [-0.25, -0.2) is 9.78 Å². The van der Waals surface area contributed by atoms with Crippen LogP contribution >= 0.6 is 0 Å². The minimum Gasteiger partial charge on any atom is -0.444 e. The summed E-state index contributed by atoms with van der Waals surface area (Å²) < 4.78 is 13.6. The summed E-state index contributed by atoms with van der Waals surface area (Å²) in [4.78, 5) is 19.2. The number of imidazole rings is 1. The summed E-state index contributed by atoms with van der Waals surface area (Å²) in [5.74, 6) is 0.888. The minimum absolute atomic E-state index is 0.0610. The Bertz CT molecular complexity index is 637. The monoisotopic (exact) mass is 392 g/mol. The Morgan fingerprint density at radius 1 is 1.37 bits per heavy atom. The Balaban J connectivity index is 2.11. The summed E-state index contributed by atoms with van der Waals surface area (Å²) in [7, 11) is 0.870. The van der Waals surface area contributed by atoms with E-state index >= 15 is 0 Å². The molecule has 8 heteroatoms. The van der Waals surface area contributed by atoms with E-state index in [-0.39, 0.29) is 12.1 Å². The second-order valence-electron chi connectivity index (χ2n) is 9.46. The van der Waals surface area contributed by atoms with Crippen molar-refractivity contribution < 1.29 is 14.3 Å². The van der Waals surface area contributed by atoms with Crippen molar-refractivity contribution in [2.45, 2.75) is 84.5 Å². The van der Waals surface area contributed by atoms with Gasteiger partial charge in [-0.1, -0.05) is 26.5 Å². The maximum absolute atomic E-state index is 12.6. The number of aromatic nitrogens is 2. The Morgan fingerprint density at radius 3 is 2.67 bits per heavy atom. The van der Waals surface area contributed by atoms with Crippen LogP contribution in [0.4, 0.5) is 4.79 Å². The van der Waals surface area contributed by atoms with Crippen LogP contribution in [0.25, 0.3) is 0 Å². The van der Waals surface area contributed by atoms with Crippen molar-refractivity contribution in [1.29, 1.82) is 0 Å². The van der Waals surface area contributed by atoms with Crippen LogP contribution in [0.3, 0.4) is 0 Å². The van der Waals surface area contributed by atoms with Crippen LogP contribution in [0.15, 0.2) is 6.20 Å². The summed E-state index contributed by atoms with van der Waals surface area (Å²) in [5, 5.41) is 0. The molecule has 0 unspecified atom stereocenters. The lowest BCUT2D eigenvalue weighted by Crippen LogP contribution is -2.37. The SMILES string of the molecule is C[B]c1cn(COCC[Si](C)(C)C)c([C@@H]2CCCN2C(=O)OC(C)(C)C)n1. The van der Waals surface area contributed by atoms with E-state index < -0.39 is 13.7 Å². The molecule has 1 aliphatic heterocycles. The van der Waals surface area contributed by atoms with E-state index in [0.29, 0.717) is 13.3 Å². The maximum Gasteiger partial charge on any atom is 0.410 e. The van der Waals surface area contributed by atoms with Crippen molar-refractivity contribution >= 4 is 27.0 Å². The number of carbonyl (C=O) groups is 1. The van der Waals surface area contributed by atoms with Gasteiger partial charge in [0.15, 0.2) is 7.28 Å². The van der Waals surface area contributed by atoms with Gasteiger partial charge in [-0.3, -0.25) is 4.90 Å². The van der Waals surface area contributed by atoms with Crippen LogP contribution in [-0.2, 0) is 16.2 Å². The highest BCUT2D eigenvalue weighted by atomic mass is 28.3. The summed E-state index contributed by atoms with van der Waals surface area (Å²) >= 11 is 0. The number of likely N-dealkylation sites (tertiary alicyclic amines) is 1. The first-order chi connectivity index (χ1) is 12.5. The molecule has 1 saturated heterocycles. The average molecular weight is 392 g/mol. The third-order valence-electron chi connectivity index (χ3n) is 4.53. The molecular weight excluding hydrogens is 357 g/mol. The van der Waals surface area contributed by atoms with Crippen LogP contribution in [0.5, 0.6) is 0 Å². The Labute approximate surface area is 165 Å². The van der Waals surface area contributed by atoms with E-state index in [1.54, 1.807) is 0 Å². The van der Waals surface area contributed by atoms with Gasteiger partial charge >= 0.3 is 6.09 Å². The zero-order valence-corrected chi connectivity index (χ0v) is 19.0. The molecule has 0 aromatic carbocycles. The molecular formula is C19H35BN3O3Si. The summed E-state index contributed by atoms with van der Waals surface area (Å²) in [6.07, 6.45) is 3.60. The second kappa shape index (κ2) is 8.82. The quantitative estimate of drug-likeness (QED) is 0.525. The first-order valence-corrected chi connectivity index (χ1v) is 13.6. The highest BCUT2D eigenvalue weighted by molar-refractivity contribution is 6.76. The lowest BCUT2D eigenvalue weighted by Gasteiger charge is -2.28. The van der Waals surface area contributed by atoms with Crippen molar-refractivity contribution in [3.05, 3.63) is 12.0 Å². The number of ether oxygens (including phenoxy) is 2. The van der Waals surface area contributed by atoms with Gasteiger partial charge in [-0.05, 0) is 39.7 Å². The molecule has 1 aromatic rings. The third kappa shape index (κ3) is 6.68. The smallest absolute Gasteiger partial charge is 0.410 e. The molecule has 0 N–H and O–H groups in total. The molecule has 0 aliphatic carbocycles. The molecule has 0 saturated carbocycles. The topological polar surface area (TPSA) is 56.6 Å². The van der Waals surface area contributed by atoms with Gasteiger partial charge in [0.25, 0.3) is 0 Å². The van der Waals surface area contributed by atoms with Gasteiger partial charge in [-0.2, -0.15) is 0 Å². The molecule has 1 fully saturated rings. The van der Waals surface area contributed by atoms with Crippen molar-refractivity contribution in [1.82, 2.24) is 14.5 Å². The number of hydrogen-bond acceptors (Lipinski definition) is 4. The first kappa shape index (κ1) is 22.0. The fraction of sp³-hybridized carbons (Fsp3) is 0.789. The summed E-state index contributed by atoms with van der Waals surface area (Å²) in [6, 6.07) is 1.08. The summed E-state index contributed by atoms with van der Waals surface area (Å²) in [5.41, 5.74) is 0.414. The highest BCUT2D eigenvalue weighted by Gasteiger charge is 2.35. The molecule has 1 amide bonds. The normalized spacial score (nSPS) is 18.0. The second-order valence-corrected chi connectivity index (χ2v) is 15.1. The molecule has 1 aromatic heterocycles. The number of amides is 1. The van der Waals surface area contributed by atoms with E-state index in [1.165, 1.54) is 0 Å². The number of nitrogens with zero attached hydrogens (tertiary/aromatic N) is 3. The van der Waals surface area contributed by atoms with Crippen molar-refractivity contribution in [2.24, 2.45) is 0 Å². The van der Waals surface area contributed by atoms with E-state index in [1.807, 2.05) is 50.5 Å². The van der Waals surface area contributed by atoms with Gasteiger partial charge in [0, 0.05) is 33.0 Å². The number of rotatable bonds is 7. The molecule has 6 nitrogen and oxygen atoms in total. The predicted molar refractivity (Wildman–Crippen MR) is 112 cm³/mol. The van der Waals surface area contributed by atoms with Crippen LogP contribution in [0.1, 0.15) is 45.5 Å². The van der Waals surface area contributed by atoms with Crippen molar-refractivity contribution in [3.63, 3.8) is 0 Å². The zero-order chi connectivity index (χ0) is 20.2. The van der Waals surface area contributed by atoms with Crippen LogP contribution in [0, 0.1) is 0 Å². The molecule has 0 bridgehead atoms. The van der Waals surface area contributed by atoms with Gasteiger partial charge in [0.2, 0.25) is 0 Å². The predicted octanol–water partition coefficient (Wildman–Crippen LogP) is 3.65. The number of hydrogen-bond donors (Lipinski definition) is 0. The first-order valence-electron chi connectivity index (χ1n) is 9.94. The Kier molecular flexibility index (Phi) is 7.19. The Hall–Kier alpha value is -1.28. The fourth-order valence-electron chi connectivity index (χ4n) is 3.08. The van der Waals surface area contributed by atoms with Crippen LogP contribution in [0.2, 0.25) is 32.5 Å². The maximum atomic E-state index is 12.6. The zero-order valence-electron chi connectivity index (χ0n) is 18.0. The summed E-state index contributed by atoms with van der Waals surface area (Å²) in [6.45, 7) is 16.6. The molecule has 151 valence electrons.